The van der Waals surface area contributed by atoms with Crippen LogP contribution in [0.1, 0.15) is 25.7 Å². The van der Waals surface area contributed by atoms with Gasteiger partial charge in [0.05, 0.1) is 25.4 Å². The van der Waals surface area contributed by atoms with Crippen molar-refractivity contribution in [3.05, 3.63) is 0 Å². The summed E-state index contributed by atoms with van der Waals surface area (Å²) in [6.07, 6.45) is -2.16. The number of nitrogens with one attached hydrogen (secondary N) is 3. The van der Waals surface area contributed by atoms with Gasteiger partial charge in [0.25, 0.3) is 0 Å². The standard InChI is InChI=1S/C15H23N5O10/c16-6(1-2-9(17)21)13(27)18-5-10(22)19-7(3-11(23)24)14(28)20-8(15(29)30)4-12(25)26/h6-8H,1-5,16H2,(H2,17,21)(H,18,27)(H,19,22)(H,20,28)(H,23,24)(H,25,26)(H,29,30). The van der Waals surface area contributed by atoms with Crippen LogP contribution in [0.15, 0.2) is 0 Å². The molecule has 0 aliphatic heterocycles. The third kappa shape index (κ3) is 11.2. The molecule has 10 N–H and O–H groups in total. The minimum absolute atomic E-state index is 0.0764. The largest absolute Gasteiger partial charge is 0.481 e. The van der Waals surface area contributed by atoms with Crippen LogP contribution in [0.25, 0.3) is 0 Å². The fraction of sp³-hybridized carbons (Fsp3) is 0.533. The van der Waals surface area contributed by atoms with Gasteiger partial charge in [0.1, 0.15) is 12.1 Å². The van der Waals surface area contributed by atoms with Gasteiger partial charge in [0.2, 0.25) is 23.6 Å². The summed E-state index contributed by atoms with van der Waals surface area (Å²) in [5.74, 6) is -8.46. The van der Waals surface area contributed by atoms with Gasteiger partial charge in [0, 0.05) is 6.42 Å². The van der Waals surface area contributed by atoms with E-state index in [1.807, 2.05) is 10.6 Å². The Hall–Kier alpha value is -3.75. The molecule has 0 heterocycles. The van der Waals surface area contributed by atoms with Crippen molar-refractivity contribution in [2.75, 3.05) is 6.54 Å². The number of aliphatic carboxylic acids is 3. The van der Waals surface area contributed by atoms with Gasteiger partial charge in [-0.15, -0.1) is 0 Å². The lowest BCUT2D eigenvalue weighted by Gasteiger charge is -2.20. The van der Waals surface area contributed by atoms with E-state index in [0.29, 0.717) is 0 Å². The molecule has 0 radical (unpaired) electrons. The molecule has 0 fully saturated rings. The van der Waals surface area contributed by atoms with Crippen molar-refractivity contribution in [3.63, 3.8) is 0 Å². The van der Waals surface area contributed by atoms with Gasteiger partial charge in [-0.05, 0) is 6.42 Å². The van der Waals surface area contributed by atoms with Crippen LogP contribution in [0.3, 0.4) is 0 Å². The first-order chi connectivity index (χ1) is 13.8. The molecule has 3 unspecified atom stereocenters. The summed E-state index contributed by atoms with van der Waals surface area (Å²) in [4.78, 5) is 79.0. The van der Waals surface area contributed by atoms with E-state index in [0.717, 1.165) is 0 Å². The van der Waals surface area contributed by atoms with Crippen molar-refractivity contribution >= 4 is 41.5 Å². The zero-order valence-corrected chi connectivity index (χ0v) is 15.6. The summed E-state index contributed by atoms with van der Waals surface area (Å²) in [5.41, 5.74) is 10.4. The zero-order valence-electron chi connectivity index (χ0n) is 15.6. The molecular weight excluding hydrogens is 410 g/mol. The Morgan fingerprint density at radius 3 is 1.80 bits per heavy atom. The Morgan fingerprint density at radius 2 is 1.33 bits per heavy atom. The lowest BCUT2D eigenvalue weighted by molar-refractivity contribution is -0.148. The van der Waals surface area contributed by atoms with Gasteiger partial charge in [-0.2, -0.15) is 0 Å². The second kappa shape index (κ2) is 12.7. The number of hydrogen-bond acceptors (Lipinski definition) is 8. The fourth-order valence-corrected chi connectivity index (χ4v) is 2.00. The minimum Gasteiger partial charge on any atom is -0.481 e. The zero-order chi connectivity index (χ0) is 23.4. The van der Waals surface area contributed by atoms with Crippen molar-refractivity contribution in [1.82, 2.24) is 16.0 Å². The number of nitrogens with two attached hydrogens (primary N) is 2. The first kappa shape index (κ1) is 26.2. The SMILES string of the molecule is NC(=O)CCC(N)C(=O)NCC(=O)NC(CC(=O)O)C(=O)NC(CC(=O)O)C(=O)O. The molecule has 30 heavy (non-hydrogen) atoms. The van der Waals surface area contributed by atoms with Crippen molar-refractivity contribution in [2.24, 2.45) is 11.5 Å². The molecule has 0 saturated carbocycles. The maximum Gasteiger partial charge on any atom is 0.326 e. The van der Waals surface area contributed by atoms with Gasteiger partial charge >= 0.3 is 17.9 Å². The number of carboxylic acid groups (broad SMARTS) is 3. The first-order valence-corrected chi connectivity index (χ1v) is 8.41. The smallest absolute Gasteiger partial charge is 0.326 e. The van der Waals surface area contributed by atoms with Crippen LogP contribution in [-0.2, 0) is 33.6 Å². The van der Waals surface area contributed by atoms with Gasteiger partial charge in [-0.1, -0.05) is 0 Å². The Bertz CT molecular complexity index is 710. The van der Waals surface area contributed by atoms with Crippen molar-refractivity contribution < 1.29 is 48.9 Å². The summed E-state index contributed by atoms with van der Waals surface area (Å²) < 4.78 is 0. The van der Waals surface area contributed by atoms with E-state index in [2.05, 4.69) is 5.32 Å². The normalized spacial score (nSPS) is 13.2. The highest BCUT2D eigenvalue weighted by Crippen LogP contribution is 1.99. The fourth-order valence-electron chi connectivity index (χ4n) is 2.00. The highest BCUT2D eigenvalue weighted by atomic mass is 16.4. The highest BCUT2D eigenvalue weighted by Gasteiger charge is 2.29. The van der Waals surface area contributed by atoms with E-state index < -0.39 is 79.0 Å². The summed E-state index contributed by atoms with van der Waals surface area (Å²) in [6, 6.07) is -4.74. The molecule has 0 spiro atoms. The molecule has 0 rings (SSSR count). The number of carbonyl (C=O) groups excluding carboxylic acids is 4. The third-order valence-corrected chi connectivity index (χ3v) is 3.49. The van der Waals surface area contributed by atoms with Crippen LogP contribution in [0.5, 0.6) is 0 Å². The van der Waals surface area contributed by atoms with Crippen LogP contribution in [0, 0.1) is 0 Å². The molecule has 0 saturated heterocycles. The molecule has 0 bridgehead atoms. The number of carbonyl (C=O) groups is 7. The highest BCUT2D eigenvalue weighted by molar-refractivity contribution is 5.95. The minimum atomic E-state index is -1.86. The molecule has 0 aromatic heterocycles. The molecular formula is C15H23N5O10. The predicted octanol–water partition coefficient (Wildman–Crippen LogP) is -4.30. The molecule has 3 atom stereocenters. The average Bonchev–Trinajstić information content (AvgIpc) is 2.61. The lowest BCUT2D eigenvalue weighted by Crippen LogP contribution is -2.54. The van der Waals surface area contributed by atoms with Crippen LogP contribution in [0.2, 0.25) is 0 Å². The molecule has 0 aliphatic carbocycles. The predicted molar refractivity (Wildman–Crippen MR) is 95.4 cm³/mol. The maximum atomic E-state index is 12.1. The Morgan fingerprint density at radius 1 is 0.800 bits per heavy atom. The van der Waals surface area contributed by atoms with E-state index in [4.69, 9.17) is 26.8 Å². The molecule has 15 heteroatoms. The van der Waals surface area contributed by atoms with Crippen molar-refractivity contribution in [1.29, 1.82) is 0 Å². The summed E-state index contributed by atoms with van der Waals surface area (Å²) in [6.45, 7) is -0.704. The maximum absolute atomic E-state index is 12.1. The van der Waals surface area contributed by atoms with Gasteiger partial charge in [-0.3, -0.25) is 28.8 Å². The van der Waals surface area contributed by atoms with E-state index >= 15 is 0 Å². The number of carboxylic acids is 3. The Labute approximate surface area is 169 Å². The molecule has 4 amide bonds. The van der Waals surface area contributed by atoms with Crippen molar-refractivity contribution in [3.8, 4) is 0 Å². The Balaban J connectivity index is 4.89. The van der Waals surface area contributed by atoms with E-state index in [1.54, 1.807) is 0 Å². The topological polar surface area (TPSA) is 268 Å². The number of hydrogen-bond donors (Lipinski definition) is 8. The van der Waals surface area contributed by atoms with E-state index in [9.17, 15) is 33.6 Å². The van der Waals surface area contributed by atoms with Gasteiger partial charge < -0.3 is 42.7 Å². The number of rotatable bonds is 14. The van der Waals surface area contributed by atoms with Crippen LogP contribution in [-0.4, -0.2) is 81.5 Å². The van der Waals surface area contributed by atoms with Crippen LogP contribution < -0.4 is 27.4 Å². The summed E-state index contributed by atoms with van der Waals surface area (Å²) >= 11 is 0. The quantitative estimate of drug-likeness (QED) is 0.130. The van der Waals surface area contributed by atoms with E-state index in [-0.39, 0.29) is 12.8 Å². The number of amides is 4. The summed E-state index contributed by atoms with van der Waals surface area (Å²) in [5, 5.41) is 32.4. The molecule has 0 aliphatic rings. The molecule has 0 aromatic rings. The summed E-state index contributed by atoms with van der Waals surface area (Å²) in [7, 11) is 0. The Kier molecular flexibility index (Phi) is 11.1. The van der Waals surface area contributed by atoms with Gasteiger partial charge in [0.15, 0.2) is 0 Å². The lowest BCUT2D eigenvalue weighted by atomic mass is 10.1. The molecule has 0 aromatic carbocycles. The van der Waals surface area contributed by atoms with Crippen LogP contribution in [0.4, 0.5) is 0 Å². The molecule has 15 nitrogen and oxygen atoms in total. The monoisotopic (exact) mass is 433 g/mol. The molecule has 168 valence electrons. The second-order valence-electron chi connectivity index (χ2n) is 6.04. The van der Waals surface area contributed by atoms with Gasteiger partial charge in [-0.25, -0.2) is 4.79 Å². The van der Waals surface area contributed by atoms with Crippen molar-refractivity contribution in [2.45, 2.75) is 43.8 Å². The number of primary amides is 1. The average molecular weight is 433 g/mol. The second-order valence-corrected chi connectivity index (χ2v) is 6.04. The van der Waals surface area contributed by atoms with Crippen LogP contribution >= 0.6 is 0 Å². The first-order valence-electron chi connectivity index (χ1n) is 8.41. The third-order valence-electron chi connectivity index (χ3n) is 3.49. The van der Waals surface area contributed by atoms with E-state index in [1.165, 1.54) is 0 Å².